The molecule has 1 aromatic heterocycles. The predicted octanol–water partition coefficient (Wildman–Crippen LogP) is 1.97. The number of alkyl halides is 1. The van der Waals surface area contributed by atoms with Crippen molar-refractivity contribution in [2.24, 2.45) is 0 Å². The summed E-state index contributed by atoms with van der Waals surface area (Å²) in [7, 11) is -3.53. The van der Waals surface area contributed by atoms with Gasteiger partial charge in [0.05, 0.1) is 5.88 Å². The second-order valence-electron chi connectivity index (χ2n) is 4.53. The van der Waals surface area contributed by atoms with Gasteiger partial charge in [0.1, 0.15) is 0 Å². The normalized spacial score (nSPS) is 21.7. The first kappa shape index (κ1) is 15.2. The first-order valence-electron chi connectivity index (χ1n) is 6.22. The molecule has 8 heteroatoms. The van der Waals surface area contributed by atoms with Crippen LogP contribution in [-0.2, 0) is 15.9 Å². The minimum absolute atomic E-state index is 0.0850. The van der Waals surface area contributed by atoms with Gasteiger partial charge in [-0.3, -0.25) is 5.10 Å². The molecule has 0 amide bonds. The van der Waals surface area contributed by atoms with Gasteiger partial charge in [-0.2, -0.15) is 21.2 Å². The van der Waals surface area contributed by atoms with Crippen LogP contribution in [0.1, 0.15) is 24.6 Å². The third-order valence-electron chi connectivity index (χ3n) is 3.31. The average molecular weight is 324 g/mol. The van der Waals surface area contributed by atoms with E-state index in [1.807, 2.05) is 11.8 Å². The zero-order chi connectivity index (χ0) is 14.0. The first-order chi connectivity index (χ1) is 9.00. The molecule has 0 aromatic carbocycles. The van der Waals surface area contributed by atoms with E-state index in [0.717, 1.165) is 12.2 Å². The van der Waals surface area contributed by atoms with Crippen LogP contribution in [0.25, 0.3) is 0 Å². The highest BCUT2D eigenvalue weighted by Crippen LogP contribution is 2.28. The average Bonchev–Trinajstić information content (AvgIpc) is 2.80. The number of nitrogens with one attached hydrogen (secondary N) is 1. The van der Waals surface area contributed by atoms with Gasteiger partial charge < -0.3 is 0 Å². The maximum absolute atomic E-state index is 12.6. The summed E-state index contributed by atoms with van der Waals surface area (Å²) in [5, 5.41) is 7.10. The van der Waals surface area contributed by atoms with Gasteiger partial charge in [0.2, 0.25) is 0 Å². The van der Waals surface area contributed by atoms with Crippen molar-refractivity contribution >= 4 is 33.4 Å². The van der Waals surface area contributed by atoms with Gasteiger partial charge in [0, 0.05) is 35.3 Å². The van der Waals surface area contributed by atoms with E-state index in [-0.39, 0.29) is 10.9 Å². The van der Waals surface area contributed by atoms with Crippen LogP contribution in [-0.4, -0.2) is 47.0 Å². The molecule has 5 nitrogen and oxygen atoms in total. The van der Waals surface area contributed by atoms with Crippen LogP contribution in [0.5, 0.6) is 0 Å². The quantitative estimate of drug-likeness (QED) is 0.860. The third kappa shape index (κ3) is 2.94. The van der Waals surface area contributed by atoms with Gasteiger partial charge in [-0.05, 0) is 13.3 Å². The number of aromatic amines is 1. The fourth-order valence-electron chi connectivity index (χ4n) is 2.08. The lowest BCUT2D eigenvalue weighted by molar-refractivity contribution is 0.413. The second-order valence-corrected chi connectivity index (χ2v) is 8.06. The summed E-state index contributed by atoms with van der Waals surface area (Å²) in [6, 6.07) is 0. The molecule has 1 saturated heterocycles. The summed E-state index contributed by atoms with van der Waals surface area (Å²) in [5.41, 5.74) is 1.29. The summed E-state index contributed by atoms with van der Waals surface area (Å²) < 4.78 is 26.8. The highest BCUT2D eigenvalue weighted by Gasteiger charge is 2.33. The molecule has 1 unspecified atom stereocenters. The number of hydrogen-bond acceptors (Lipinski definition) is 4. The number of rotatable bonds is 4. The van der Waals surface area contributed by atoms with E-state index in [9.17, 15) is 8.42 Å². The molecule has 0 bridgehead atoms. The van der Waals surface area contributed by atoms with E-state index in [0.29, 0.717) is 29.6 Å². The maximum Gasteiger partial charge on any atom is 0.262 e. The highest BCUT2D eigenvalue weighted by atomic mass is 35.5. The van der Waals surface area contributed by atoms with Gasteiger partial charge >= 0.3 is 0 Å². The van der Waals surface area contributed by atoms with Gasteiger partial charge in [-0.15, -0.1) is 11.6 Å². The Morgan fingerprint density at radius 1 is 1.58 bits per heavy atom. The third-order valence-corrected chi connectivity index (χ3v) is 6.79. The van der Waals surface area contributed by atoms with Crippen LogP contribution in [0.3, 0.4) is 0 Å². The Morgan fingerprint density at radius 2 is 2.32 bits per heavy atom. The zero-order valence-electron chi connectivity index (χ0n) is 11.0. The smallest absolute Gasteiger partial charge is 0.262 e. The Hall–Kier alpha value is -0.240. The minimum atomic E-state index is -3.53. The Kier molecular flexibility index (Phi) is 4.81. The van der Waals surface area contributed by atoms with Crippen LogP contribution >= 0.6 is 23.4 Å². The van der Waals surface area contributed by atoms with Crippen LogP contribution in [0.2, 0.25) is 0 Å². The van der Waals surface area contributed by atoms with E-state index in [2.05, 4.69) is 17.1 Å². The largest absolute Gasteiger partial charge is 0.281 e. The van der Waals surface area contributed by atoms with Crippen molar-refractivity contribution in [3.05, 3.63) is 11.3 Å². The molecule has 1 aliphatic heterocycles. The molecule has 0 spiro atoms. The molecular formula is C11H18ClN3O2S2. The second kappa shape index (κ2) is 6.03. The molecular weight excluding hydrogens is 306 g/mol. The fraction of sp³-hybridized carbons (Fsp3) is 0.727. The zero-order valence-corrected chi connectivity index (χ0v) is 13.4. The lowest BCUT2D eigenvalue weighted by atomic mass is 10.3. The van der Waals surface area contributed by atoms with Crippen molar-refractivity contribution in [3.8, 4) is 0 Å². The van der Waals surface area contributed by atoms with Gasteiger partial charge in [0.15, 0.2) is 5.03 Å². The van der Waals surface area contributed by atoms with Gasteiger partial charge in [-0.1, -0.05) is 6.92 Å². The van der Waals surface area contributed by atoms with Crippen LogP contribution < -0.4 is 0 Å². The van der Waals surface area contributed by atoms with Crippen molar-refractivity contribution in [1.82, 2.24) is 14.5 Å². The molecule has 0 aliphatic carbocycles. The number of nitrogens with zero attached hydrogens (tertiary/aromatic N) is 2. The van der Waals surface area contributed by atoms with E-state index in [1.165, 1.54) is 4.31 Å². The van der Waals surface area contributed by atoms with Crippen molar-refractivity contribution in [3.63, 3.8) is 0 Å². The monoisotopic (exact) mass is 323 g/mol. The molecule has 0 saturated carbocycles. The lowest BCUT2D eigenvalue weighted by Crippen LogP contribution is -2.42. The van der Waals surface area contributed by atoms with E-state index >= 15 is 0 Å². The summed E-state index contributed by atoms with van der Waals surface area (Å²) in [6.45, 7) is 4.95. The molecule has 1 aromatic rings. The SMILES string of the molecule is CCC1CN(S(=O)(=O)c2n[nH]c(C)c2CCl)CCS1. The number of halogens is 1. The van der Waals surface area contributed by atoms with Crippen molar-refractivity contribution in [1.29, 1.82) is 0 Å². The minimum Gasteiger partial charge on any atom is -0.281 e. The number of H-pyrrole nitrogens is 1. The van der Waals surface area contributed by atoms with Crippen LogP contribution in [0, 0.1) is 6.92 Å². The first-order valence-corrected chi connectivity index (χ1v) is 9.24. The molecule has 1 fully saturated rings. The molecule has 1 aliphatic rings. The molecule has 2 rings (SSSR count). The molecule has 108 valence electrons. The molecule has 1 N–H and O–H groups in total. The summed E-state index contributed by atoms with van der Waals surface area (Å²) in [6.07, 6.45) is 0.971. The number of sulfonamides is 1. The number of thioether (sulfide) groups is 1. The van der Waals surface area contributed by atoms with Crippen LogP contribution in [0.15, 0.2) is 5.03 Å². The van der Waals surface area contributed by atoms with Gasteiger partial charge in [-0.25, -0.2) is 8.42 Å². The molecule has 0 radical (unpaired) electrons. The van der Waals surface area contributed by atoms with Crippen LogP contribution in [0.4, 0.5) is 0 Å². The molecule has 19 heavy (non-hydrogen) atoms. The summed E-state index contributed by atoms with van der Waals surface area (Å²) in [4.78, 5) is 0. The van der Waals surface area contributed by atoms with Crippen molar-refractivity contribution < 1.29 is 8.42 Å². The maximum atomic E-state index is 12.6. The highest BCUT2D eigenvalue weighted by molar-refractivity contribution is 8.00. The predicted molar refractivity (Wildman–Crippen MR) is 78.2 cm³/mol. The Labute approximate surface area is 123 Å². The molecule has 2 heterocycles. The lowest BCUT2D eigenvalue weighted by Gasteiger charge is -2.30. The van der Waals surface area contributed by atoms with Gasteiger partial charge in [0.25, 0.3) is 10.0 Å². The topological polar surface area (TPSA) is 66.1 Å². The Bertz CT molecular complexity index is 544. The Morgan fingerprint density at radius 3 is 2.95 bits per heavy atom. The summed E-state index contributed by atoms with van der Waals surface area (Å²) in [5.74, 6) is 0.980. The van der Waals surface area contributed by atoms with E-state index < -0.39 is 10.0 Å². The van der Waals surface area contributed by atoms with Crippen molar-refractivity contribution in [2.75, 3.05) is 18.8 Å². The Balaban J connectivity index is 2.31. The number of aryl methyl sites for hydroxylation is 1. The summed E-state index contributed by atoms with van der Waals surface area (Å²) >= 11 is 7.67. The molecule has 1 atom stereocenters. The van der Waals surface area contributed by atoms with E-state index in [4.69, 9.17) is 11.6 Å². The standard InChI is InChI=1S/C11H18ClN3O2S2/c1-3-9-7-15(4-5-18-9)19(16,17)11-10(6-12)8(2)13-14-11/h9H,3-7H2,1-2H3,(H,13,14). The number of hydrogen-bond donors (Lipinski definition) is 1. The van der Waals surface area contributed by atoms with Crippen molar-refractivity contribution in [2.45, 2.75) is 36.4 Å². The van der Waals surface area contributed by atoms with E-state index in [1.54, 1.807) is 6.92 Å². The fourth-order valence-corrected chi connectivity index (χ4v) is 5.53. The number of aromatic nitrogens is 2.